The molecule has 2 aliphatic heterocycles. The summed E-state index contributed by atoms with van der Waals surface area (Å²) in [6.07, 6.45) is 0.775. The number of rotatable bonds is 1. The normalized spacial score (nSPS) is 18.2. The van der Waals surface area contributed by atoms with Gasteiger partial charge in [0.05, 0.1) is 18.5 Å². The third kappa shape index (κ3) is 1.50. The third-order valence-corrected chi connectivity index (χ3v) is 4.20. The van der Waals surface area contributed by atoms with E-state index < -0.39 is 11.9 Å². The minimum Gasteiger partial charge on any atom is -0.468 e. The fourth-order valence-electron chi connectivity index (χ4n) is 3.30. The first-order chi connectivity index (χ1) is 10.2. The van der Waals surface area contributed by atoms with Crippen molar-refractivity contribution >= 4 is 23.3 Å². The molecule has 0 bridgehead atoms. The summed E-state index contributed by atoms with van der Waals surface area (Å²) < 4.78 is 4.82. The highest BCUT2D eigenvalue weighted by molar-refractivity contribution is 6.20. The van der Waals surface area contributed by atoms with Crippen LogP contribution in [0.2, 0.25) is 0 Å². The maximum Gasteiger partial charge on any atom is 0.322 e. The summed E-state index contributed by atoms with van der Waals surface area (Å²) in [7, 11) is 1.31. The molecule has 1 unspecified atom stereocenters. The van der Waals surface area contributed by atoms with Crippen LogP contribution >= 0.6 is 0 Å². The second-order valence-corrected chi connectivity index (χ2v) is 5.29. The zero-order valence-corrected chi connectivity index (χ0v) is 11.5. The summed E-state index contributed by atoms with van der Waals surface area (Å²) in [5, 5.41) is 0. The van der Waals surface area contributed by atoms with E-state index in [2.05, 4.69) is 0 Å². The number of anilines is 2. The minimum absolute atomic E-state index is 0.226. The fourth-order valence-corrected chi connectivity index (χ4v) is 3.30. The van der Waals surface area contributed by atoms with Gasteiger partial charge in [-0.3, -0.25) is 14.5 Å². The second-order valence-electron chi connectivity index (χ2n) is 5.29. The van der Waals surface area contributed by atoms with Crippen LogP contribution in [0.4, 0.5) is 11.4 Å². The van der Waals surface area contributed by atoms with E-state index in [1.54, 1.807) is 4.90 Å². The average molecular weight is 279 g/mol. The molecule has 4 heteroatoms. The number of carbonyl (C=O) groups excluding carboxylic acids is 2. The number of amides is 1. The van der Waals surface area contributed by atoms with Gasteiger partial charge in [-0.25, -0.2) is 0 Å². The number of para-hydroxylation sites is 2. The monoisotopic (exact) mass is 279 g/mol. The molecule has 2 aromatic rings. The first kappa shape index (κ1) is 12.1. The maximum absolute atomic E-state index is 12.8. The van der Waals surface area contributed by atoms with Crippen LogP contribution in [-0.4, -0.2) is 19.0 Å². The number of nitrogens with zero attached hydrogens (tertiary/aromatic N) is 1. The van der Waals surface area contributed by atoms with E-state index in [1.807, 2.05) is 42.5 Å². The lowest BCUT2D eigenvalue weighted by Crippen LogP contribution is -2.30. The van der Waals surface area contributed by atoms with Crippen LogP contribution in [0, 0.1) is 0 Å². The molecule has 0 aliphatic carbocycles. The lowest BCUT2D eigenvalue weighted by molar-refractivity contribution is -0.145. The van der Waals surface area contributed by atoms with Crippen molar-refractivity contribution in [1.29, 1.82) is 0 Å². The molecule has 4 rings (SSSR count). The highest BCUT2D eigenvalue weighted by Crippen LogP contribution is 2.49. The molecule has 0 saturated carbocycles. The Morgan fingerprint density at radius 1 is 1.14 bits per heavy atom. The smallest absolute Gasteiger partial charge is 0.322 e. The van der Waals surface area contributed by atoms with E-state index >= 15 is 0 Å². The molecule has 2 heterocycles. The van der Waals surface area contributed by atoms with Crippen molar-refractivity contribution < 1.29 is 14.3 Å². The van der Waals surface area contributed by atoms with Crippen LogP contribution in [0.15, 0.2) is 42.5 Å². The van der Waals surface area contributed by atoms with Gasteiger partial charge in [0.25, 0.3) is 5.91 Å². The van der Waals surface area contributed by atoms with E-state index in [0.717, 1.165) is 34.5 Å². The molecule has 0 spiro atoms. The van der Waals surface area contributed by atoms with Crippen LogP contribution in [0.25, 0.3) is 0 Å². The van der Waals surface area contributed by atoms with Crippen molar-refractivity contribution in [3.8, 4) is 0 Å². The van der Waals surface area contributed by atoms with Gasteiger partial charge in [-0.05, 0) is 17.2 Å². The molecule has 21 heavy (non-hydrogen) atoms. The first-order valence-electron chi connectivity index (χ1n) is 6.84. The van der Waals surface area contributed by atoms with Gasteiger partial charge in [0, 0.05) is 12.0 Å². The van der Waals surface area contributed by atoms with E-state index in [1.165, 1.54) is 7.11 Å². The van der Waals surface area contributed by atoms with Crippen LogP contribution in [0.1, 0.15) is 22.6 Å². The van der Waals surface area contributed by atoms with Gasteiger partial charge in [0.2, 0.25) is 0 Å². The van der Waals surface area contributed by atoms with E-state index in [4.69, 9.17) is 4.74 Å². The Morgan fingerprint density at radius 3 is 2.71 bits per heavy atom. The van der Waals surface area contributed by atoms with Crippen molar-refractivity contribution in [2.45, 2.75) is 12.3 Å². The number of benzene rings is 2. The van der Waals surface area contributed by atoms with E-state index in [9.17, 15) is 9.59 Å². The lowest BCUT2D eigenvalue weighted by atomic mass is 9.93. The Bertz CT molecular complexity index is 781. The third-order valence-electron chi connectivity index (χ3n) is 4.20. The largest absolute Gasteiger partial charge is 0.468 e. The fraction of sp³-hybridized carbons (Fsp3) is 0.176. The number of fused-ring (bicyclic) bond motifs is 2. The topological polar surface area (TPSA) is 46.6 Å². The number of ether oxygens (including phenoxy) is 1. The number of methoxy groups -OCH3 is 1. The molecule has 104 valence electrons. The maximum atomic E-state index is 12.8. The molecule has 2 aromatic carbocycles. The molecular weight excluding hydrogens is 266 g/mol. The molecular formula is C17H13NO3. The van der Waals surface area contributed by atoms with Gasteiger partial charge < -0.3 is 4.74 Å². The number of hydrogen-bond acceptors (Lipinski definition) is 3. The molecule has 0 fully saturated rings. The van der Waals surface area contributed by atoms with Gasteiger partial charge >= 0.3 is 5.97 Å². The molecule has 1 amide bonds. The molecule has 0 N–H and O–H groups in total. The second kappa shape index (κ2) is 4.19. The van der Waals surface area contributed by atoms with Crippen LogP contribution in [-0.2, 0) is 20.7 Å². The van der Waals surface area contributed by atoms with Crippen molar-refractivity contribution in [2.75, 3.05) is 12.0 Å². The first-order valence-corrected chi connectivity index (χ1v) is 6.84. The average Bonchev–Trinajstić information content (AvgIpc) is 2.81. The molecule has 1 atom stereocenters. The number of carbonyl (C=O) groups is 2. The summed E-state index contributed by atoms with van der Waals surface area (Å²) in [4.78, 5) is 26.5. The van der Waals surface area contributed by atoms with Crippen LogP contribution < -0.4 is 4.90 Å². The number of hydrogen-bond donors (Lipinski definition) is 0. The molecule has 0 aromatic heterocycles. The van der Waals surface area contributed by atoms with Crippen LogP contribution in [0.3, 0.4) is 0 Å². The van der Waals surface area contributed by atoms with Crippen molar-refractivity contribution in [1.82, 2.24) is 0 Å². The summed E-state index contributed by atoms with van der Waals surface area (Å²) in [5.74, 6) is -1.58. The SMILES string of the molecule is COC(=O)C1C(=O)N2c3ccccc3Cc3cccc1c32. The summed E-state index contributed by atoms with van der Waals surface area (Å²) in [6.45, 7) is 0. The van der Waals surface area contributed by atoms with E-state index in [-0.39, 0.29) is 5.91 Å². The lowest BCUT2D eigenvalue weighted by Gasteiger charge is -2.28. The summed E-state index contributed by atoms with van der Waals surface area (Å²) in [6, 6.07) is 13.6. The Hall–Kier alpha value is -2.62. The summed E-state index contributed by atoms with van der Waals surface area (Å²) >= 11 is 0. The predicted molar refractivity (Wildman–Crippen MR) is 77.6 cm³/mol. The van der Waals surface area contributed by atoms with Gasteiger partial charge in [-0.2, -0.15) is 0 Å². The number of esters is 1. The minimum atomic E-state index is -0.851. The van der Waals surface area contributed by atoms with Gasteiger partial charge in [0.1, 0.15) is 0 Å². The Morgan fingerprint density at radius 2 is 1.90 bits per heavy atom. The molecule has 4 nitrogen and oxygen atoms in total. The summed E-state index contributed by atoms with van der Waals surface area (Å²) in [5.41, 5.74) is 4.65. The van der Waals surface area contributed by atoms with Crippen molar-refractivity contribution in [3.63, 3.8) is 0 Å². The van der Waals surface area contributed by atoms with Gasteiger partial charge in [-0.15, -0.1) is 0 Å². The molecule has 2 aliphatic rings. The predicted octanol–water partition coefficient (Wildman–Crippen LogP) is 2.53. The van der Waals surface area contributed by atoms with Crippen molar-refractivity contribution in [3.05, 3.63) is 59.2 Å². The van der Waals surface area contributed by atoms with Gasteiger partial charge in [-0.1, -0.05) is 36.4 Å². The van der Waals surface area contributed by atoms with Gasteiger partial charge in [0.15, 0.2) is 5.92 Å². The Kier molecular flexibility index (Phi) is 2.42. The molecule has 0 radical (unpaired) electrons. The molecule has 0 saturated heterocycles. The highest BCUT2D eigenvalue weighted by Gasteiger charge is 2.46. The van der Waals surface area contributed by atoms with Crippen LogP contribution in [0.5, 0.6) is 0 Å². The Labute approximate surface area is 121 Å². The standard InChI is InChI=1S/C17H13NO3/c1-21-17(20)14-12-7-4-6-11-9-10-5-2-3-8-13(10)18(15(11)12)16(14)19/h2-8,14H,9H2,1H3. The van der Waals surface area contributed by atoms with Crippen molar-refractivity contribution in [2.24, 2.45) is 0 Å². The zero-order valence-electron chi connectivity index (χ0n) is 11.5. The zero-order chi connectivity index (χ0) is 14.6. The highest BCUT2D eigenvalue weighted by atomic mass is 16.5. The quantitative estimate of drug-likeness (QED) is 0.595. The Balaban J connectivity index is 1.98. The van der Waals surface area contributed by atoms with E-state index in [0.29, 0.717) is 0 Å².